The van der Waals surface area contributed by atoms with Crippen LogP contribution in [0.3, 0.4) is 0 Å². The Morgan fingerprint density at radius 2 is 1.73 bits per heavy atom. The van der Waals surface area contributed by atoms with E-state index in [0.717, 1.165) is 11.4 Å². The number of aromatic nitrogens is 5. The van der Waals surface area contributed by atoms with Crippen molar-refractivity contribution in [1.82, 2.24) is 24.7 Å². The maximum atomic E-state index is 12.5. The maximum absolute atomic E-state index is 12.5. The van der Waals surface area contributed by atoms with Crippen molar-refractivity contribution < 1.29 is 0 Å². The molecule has 0 spiro atoms. The van der Waals surface area contributed by atoms with Crippen LogP contribution in [-0.2, 0) is 0 Å². The largest absolute Gasteiger partial charge is 0.295 e. The van der Waals surface area contributed by atoms with Gasteiger partial charge < -0.3 is 0 Å². The first-order chi connectivity index (χ1) is 10.6. The van der Waals surface area contributed by atoms with Gasteiger partial charge in [-0.15, -0.1) is 10.2 Å². The molecule has 112 valence electrons. The third-order valence-corrected chi connectivity index (χ3v) is 3.39. The average molecular weight is 296 g/mol. The number of rotatable bonds is 3. The highest BCUT2D eigenvalue weighted by atomic mass is 16.1. The predicted octanol–water partition coefficient (Wildman–Crippen LogP) is 1.56. The molecule has 0 atom stereocenters. The quantitative estimate of drug-likeness (QED) is 0.745. The summed E-state index contributed by atoms with van der Waals surface area (Å²) in [5, 5.41) is 15.2. The molecular weight excluding hydrogens is 280 g/mol. The van der Waals surface area contributed by atoms with E-state index in [2.05, 4.69) is 20.4 Å². The van der Waals surface area contributed by atoms with E-state index >= 15 is 0 Å². The van der Waals surface area contributed by atoms with E-state index in [4.69, 9.17) is 0 Å². The fourth-order valence-corrected chi connectivity index (χ4v) is 2.22. The molecule has 22 heavy (non-hydrogen) atoms. The Balaban J connectivity index is 2.03. The number of hydrogen-bond acceptors (Lipinski definition) is 4. The molecule has 0 unspecified atom stereocenters. The van der Waals surface area contributed by atoms with E-state index in [9.17, 15) is 4.79 Å². The fraction of sp³-hybridized carbons (Fsp3) is 0.200. The number of aromatic amines is 1. The predicted molar refractivity (Wildman–Crippen MR) is 83.6 cm³/mol. The third kappa shape index (κ3) is 2.37. The van der Waals surface area contributed by atoms with Crippen LogP contribution in [0, 0.1) is 20.8 Å². The number of benzene rings is 1. The van der Waals surface area contributed by atoms with Crippen molar-refractivity contribution in [3.63, 3.8) is 0 Å². The minimum Gasteiger partial charge on any atom is -0.295 e. The highest BCUT2D eigenvalue weighted by molar-refractivity contribution is 5.80. The minimum absolute atomic E-state index is 0.143. The molecule has 0 radical (unpaired) electrons. The van der Waals surface area contributed by atoms with Gasteiger partial charge in [0, 0.05) is 5.69 Å². The summed E-state index contributed by atoms with van der Waals surface area (Å²) in [4.78, 5) is 12.5. The van der Waals surface area contributed by atoms with Crippen LogP contribution >= 0.6 is 0 Å². The van der Waals surface area contributed by atoms with Crippen molar-refractivity contribution in [2.45, 2.75) is 20.8 Å². The van der Waals surface area contributed by atoms with Gasteiger partial charge in [-0.05, 0) is 32.9 Å². The molecule has 7 heteroatoms. The molecule has 1 aromatic carbocycles. The van der Waals surface area contributed by atoms with Crippen LogP contribution in [0.4, 0.5) is 0 Å². The number of nitrogens with one attached hydrogen (secondary N) is 1. The second-order valence-corrected chi connectivity index (χ2v) is 4.98. The lowest BCUT2D eigenvalue weighted by Crippen LogP contribution is -2.17. The van der Waals surface area contributed by atoms with E-state index in [-0.39, 0.29) is 5.56 Å². The Morgan fingerprint density at radius 3 is 2.36 bits per heavy atom. The molecule has 2 aromatic heterocycles. The zero-order valence-electron chi connectivity index (χ0n) is 12.6. The lowest BCUT2D eigenvalue weighted by atomic mass is 10.3. The van der Waals surface area contributed by atoms with Crippen molar-refractivity contribution in [2.24, 2.45) is 5.10 Å². The highest BCUT2D eigenvalue weighted by Gasteiger charge is 2.11. The summed E-state index contributed by atoms with van der Waals surface area (Å²) >= 11 is 0. The van der Waals surface area contributed by atoms with Gasteiger partial charge in [-0.3, -0.25) is 9.89 Å². The van der Waals surface area contributed by atoms with Crippen molar-refractivity contribution in [3.8, 4) is 5.69 Å². The van der Waals surface area contributed by atoms with Crippen LogP contribution in [0.1, 0.15) is 22.9 Å². The molecule has 0 aliphatic heterocycles. The van der Waals surface area contributed by atoms with Gasteiger partial charge in [-0.25, -0.2) is 9.36 Å². The van der Waals surface area contributed by atoms with Gasteiger partial charge in [0.25, 0.3) is 5.56 Å². The average Bonchev–Trinajstić information content (AvgIpc) is 2.99. The summed E-state index contributed by atoms with van der Waals surface area (Å²) in [6.45, 7) is 5.46. The van der Waals surface area contributed by atoms with Crippen molar-refractivity contribution >= 4 is 6.21 Å². The molecule has 0 fully saturated rings. The number of para-hydroxylation sites is 1. The monoisotopic (exact) mass is 296 g/mol. The van der Waals surface area contributed by atoms with Crippen LogP contribution in [0.15, 0.2) is 40.2 Å². The smallest absolute Gasteiger partial charge is 0.280 e. The third-order valence-electron chi connectivity index (χ3n) is 3.39. The molecule has 2 heterocycles. The number of hydrogen-bond donors (Lipinski definition) is 1. The standard InChI is InChI=1S/C15H16N6O/c1-10-14(9-16-20-11(2)17-18-12(20)3)15(22)21(19-10)13-7-5-4-6-8-13/h4-9,19H,1-3H3/b16-9+. The van der Waals surface area contributed by atoms with Gasteiger partial charge in [0.2, 0.25) is 0 Å². The van der Waals surface area contributed by atoms with E-state index in [1.807, 2.05) is 51.1 Å². The summed E-state index contributed by atoms with van der Waals surface area (Å²) in [6, 6.07) is 9.41. The molecule has 0 saturated heterocycles. The molecule has 0 bridgehead atoms. The highest BCUT2D eigenvalue weighted by Crippen LogP contribution is 2.06. The zero-order valence-corrected chi connectivity index (χ0v) is 12.6. The summed E-state index contributed by atoms with van der Waals surface area (Å²) in [5.41, 5.74) is 1.90. The topological polar surface area (TPSA) is 80.9 Å². The molecule has 3 aromatic rings. The molecule has 3 rings (SSSR count). The molecule has 1 N–H and O–H groups in total. The molecule has 0 amide bonds. The van der Waals surface area contributed by atoms with Crippen molar-refractivity contribution in [3.05, 3.63) is 63.6 Å². The Labute approximate surface area is 126 Å². The number of aryl methyl sites for hydroxylation is 3. The van der Waals surface area contributed by atoms with Gasteiger partial charge in [0.1, 0.15) is 0 Å². The maximum Gasteiger partial charge on any atom is 0.280 e. The van der Waals surface area contributed by atoms with Gasteiger partial charge >= 0.3 is 0 Å². The van der Waals surface area contributed by atoms with Gasteiger partial charge in [0.15, 0.2) is 11.6 Å². The first-order valence-corrected chi connectivity index (χ1v) is 6.88. The van der Waals surface area contributed by atoms with Gasteiger partial charge in [-0.1, -0.05) is 18.2 Å². The van der Waals surface area contributed by atoms with Crippen LogP contribution in [0.25, 0.3) is 5.69 Å². The van der Waals surface area contributed by atoms with Crippen LogP contribution < -0.4 is 5.56 Å². The van der Waals surface area contributed by atoms with Crippen molar-refractivity contribution in [2.75, 3.05) is 0 Å². The molecule has 7 nitrogen and oxygen atoms in total. The first kappa shape index (κ1) is 14.0. The zero-order chi connectivity index (χ0) is 15.7. The lowest BCUT2D eigenvalue weighted by molar-refractivity contribution is 0.798. The van der Waals surface area contributed by atoms with E-state index in [1.165, 1.54) is 10.9 Å². The molecule has 0 aliphatic carbocycles. The minimum atomic E-state index is -0.143. The molecular formula is C15H16N6O. The van der Waals surface area contributed by atoms with E-state index in [1.54, 1.807) is 4.68 Å². The second-order valence-electron chi connectivity index (χ2n) is 4.98. The lowest BCUT2D eigenvalue weighted by Gasteiger charge is -1.99. The Bertz CT molecular complexity index is 865. The van der Waals surface area contributed by atoms with Gasteiger partial charge in [0.05, 0.1) is 17.5 Å². The van der Waals surface area contributed by atoms with Gasteiger partial charge in [-0.2, -0.15) is 5.10 Å². The Morgan fingerprint density at radius 1 is 1.09 bits per heavy atom. The van der Waals surface area contributed by atoms with E-state index in [0.29, 0.717) is 17.2 Å². The summed E-state index contributed by atoms with van der Waals surface area (Å²) < 4.78 is 3.10. The van der Waals surface area contributed by atoms with Crippen molar-refractivity contribution in [1.29, 1.82) is 0 Å². The Kier molecular flexibility index (Phi) is 3.46. The summed E-state index contributed by atoms with van der Waals surface area (Å²) in [7, 11) is 0. The number of nitrogens with zero attached hydrogens (tertiary/aromatic N) is 5. The van der Waals surface area contributed by atoms with Crippen LogP contribution in [0.2, 0.25) is 0 Å². The normalized spacial score (nSPS) is 11.4. The van der Waals surface area contributed by atoms with Crippen LogP contribution in [-0.4, -0.2) is 30.9 Å². The van der Waals surface area contributed by atoms with E-state index < -0.39 is 0 Å². The van der Waals surface area contributed by atoms with Crippen LogP contribution in [0.5, 0.6) is 0 Å². The Hall–Kier alpha value is -2.96. The fourth-order valence-electron chi connectivity index (χ4n) is 2.22. The molecule has 0 aliphatic rings. The molecule has 0 saturated carbocycles. The number of H-pyrrole nitrogens is 1. The summed E-state index contributed by atoms with van der Waals surface area (Å²) in [6.07, 6.45) is 1.54. The SMILES string of the molecule is Cc1[nH]n(-c2ccccc2)c(=O)c1/C=N/n1c(C)nnc1C. The first-order valence-electron chi connectivity index (χ1n) is 6.88. The second kappa shape index (κ2) is 5.44. The summed E-state index contributed by atoms with van der Waals surface area (Å²) in [5.74, 6) is 1.34.